The fourth-order valence-electron chi connectivity index (χ4n) is 6.12. The van der Waals surface area contributed by atoms with Gasteiger partial charge >= 0.3 is 0 Å². The monoisotopic (exact) mass is 612 g/mol. The van der Waals surface area contributed by atoms with Crippen LogP contribution in [0.2, 0.25) is 5.04 Å². The van der Waals surface area contributed by atoms with Gasteiger partial charge in [-0.15, -0.1) is 0 Å². The van der Waals surface area contributed by atoms with E-state index in [2.05, 4.69) is 69.3 Å². The first kappa shape index (κ1) is 32.3. The van der Waals surface area contributed by atoms with Crippen LogP contribution in [0.1, 0.15) is 31.9 Å². The molecule has 0 saturated carbocycles. The zero-order chi connectivity index (χ0) is 31.0. The predicted molar refractivity (Wildman–Crippen MR) is 175 cm³/mol. The summed E-state index contributed by atoms with van der Waals surface area (Å²) in [7, 11) is -1.34. The second-order valence-electron chi connectivity index (χ2n) is 12.3. The lowest BCUT2D eigenvalue weighted by molar-refractivity contribution is -0.310. The number of aliphatic hydroxyl groups excluding tert-OH is 1. The summed E-state index contributed by atoms with van der Waals surface area (Å²) in [6, 6.07) is 40.9. The molecule has 1 fully saturated rings. The minimum absolute atomic E-state index is 0.214. The minimum Gasteiger partial charge on any atom is -0.405 e. The van der Waals surface area contributed by atoms with Crippen LogP contribution >= 0.6 is 0 Å². The fraction of sp³-hybridized carbons (Fsp3) is 0.351. The molecule has 1 heterocycles. The maximum absolute atomic E-state index is 11.4. The lowest BCUT2D eigenvalue weighted by Crippen LogP contribution is -2.68. The van der Waals surface area contributed by atoms with E-state index in [1.165, 1.54) is 17.5 Å². The van der Waals surface area contributed by atoms with E-state index in [-0.39, 0.29) is 11.6 Å². The molecule has 1 aliphatic rings. The van der Waals surface area contributed by atoms with Gasteiger partial charge in [0.15, 0.2) is 6.29 Å². The Morgan fingerprint density at radius 3 is 1.52 bits per heavy atom. The van der Waals surface area contributed by atoms with Gasteiger partial charge in [0.05, 0.1) is 19.8 Å². The molecule has 4 aromatic rings. The van der Waals surface area contributed by atoms with E-state index >= 15 is 0 Å². The Bertz CT molecular complexity index is 1360. The molecule has 1 unspecified atom stereocenters. The maximum atomic E-state index is 11.4. The number of hydrogen-bond donors (Lipinski definition) is 1. The SMILES string of the molecule is COC1O[C@H](CO[Si](c2ccccc2)(c2ccccc2)C(C)(C)C)[C@@H](OCc2ccccc2)[C@H](OCc2ccccc2)[C@H]1O. The quantitative estimate of drug-likeness (QED) is 0.214. The number of methoxy groups -OCH3 is 1. The molecule has 7 heteroatoms. The Balaban J connectivity index is 1.50. The Labute approximate surface area is 262 Å². The number of benzene rings is 4. The largest absolute Gasteiger partial charge is 0.405 e. The van der Waals surface area contributed by atoms with Crippen LogP contribution in [-0.4, -0.2) is 57.8 Å². The standard InChI is InChI=1S/C37H44O6Si/c1-37(2,3)44(30-21-13-7-14-22-30,31-23-15-8-16-24-31)42-27-32-34(40-25-28-17-9-5-10-18-28)35(33(38)36(39-4)43-32)41-26-29-19-11-6-12-20-29/h5-24,32-36,38H,25-27H2,1-4H3/t32-,33-,34-,35-,36?/m1/s1. The average molecular weight is 613 g/mol. The van der Waals surface area contributed by atoms with E-state index in [1.54, 1.807) is 0 Å². The Hall–Kier alpha value is -3.14. The molecule has 0 aliphatic carbocycles. The van der Waals surface area contributed by atoms with E-state index in [0.717, 1.165) is 11.1 Å². The van der Waals surface area contributed by atoms with Crippen molar-refractivity contribution in [3.8, 4) is 0 Å². The van der Waals surface area contributed by atoms with Crippen molar-refractivity contribution in [3.63, 3.8) is 0 Å². The van der Waals surface area contributed by atoms with Crippen LogP contribution in [0.3, 0.4) is 0 Å². The van der Waals surface area contributed by atoms with Crippen LogP contribution < -0.4 is 10.4 Å². The molecule has 44 heavy (non-hydrogen) atoms. The van der Waals surface area contributed by atoms with Crippen LogP contribution in [-0.2, 0) is 36.6 Å². The van der Waals surface area contributed by atoms with Gasteiger partial charge in [-0.1, -0.05) is 142 Å². The van der Waals surface area contributed by atoms with Crippen LogP contribution in [0.25, 0.3) is 0 Å². The van der Waals surface area contributed by atoms with Gasteiger partial charge in [0.25, 0.3) is 8.32 Å². The lowest BCUT2D eigenvalue weighted by atomic mass is 9.98. The molecule has 0 bridgehead atoms. The highest BCUT2D eigenvalue weighted by Crippen LogP contribution is 2.38. The third-order valence-electron chi connectivity index (χ3n) is 8.30. The number of aliphatic hydroxyl groups is 1. The topological polar surface area (TPSA) is 66.4 Å². The number of rotatable bonds is 12. The zero-order valence-electron chi connectivity index (χ0n) is 26.0. The van der Waals surface area contributed by atoms with Gasteiger partial charge in [-0.25, -0.2) is 0 Å². The summed E-state index contributed by atoms with van der Waals surface area (Å²) in [5, 5.41) is 13.6. The molecule has 0 spiro atoms. The van der Waals surface area contributed by atoms with Gasteiger partial charge in [-0.05, 0) is 26.5 Å². The third kappa shape index (κ3) is 7.21. The van der Waals surface area contributed by atoms with Crippen molar-refractivity contribution in [2.45, 2.75) is 69.7 Å². The molecule has 232 valence electrons. The van der Waals surface area contributed by atoms with Gasteiger partial charge in [0, 0.05) is 7.11 Å². The summed E-state index contributed by atoms with van der Waals surface area (Å²) in [6.07, 6.45) is -3.88. The molecule has 0 amide bonds. The van der Waals surface area contributed by atoms with Crippen molar-refractivity contribution in [1.82, 2.24) is 0 Å². The predicted octanol–water partition coefficient (Wildman–Crippen LogP) is 5.47. The van der Waals surface area contributed by atoms with E-state index in [4.69, 9.17) is 23.4 Å². The first-order chi connectivity index (χ1) is 21.3. The highest BCUT2D eigenvalue weighted by molar-refractivity contribution is 6.99. The first-order valence-corrected chi connectivity index (χ1v) is 17.2. The lowest BCUT2D eigenvalue weighted by Gasteiger charge is -2.47. The van der Waals surface area contributed by atoms with E-state index in [1.807, 2.05) is 72.8 Å². The average Bonchev–Trinajstić information content (AvgIpc) is 3.05. The van der Waals surface area contributed by atoms with Gasteiger partial charge in [-0.2, -0.15) is 0 Å². The minimum atomic E-state index is -2.87. The van der Waals surface area contributed by atoms with Crippen LogP contribution in [0.4, 0.5) is 0 Å². The van der Waals surface area contributed by atoms with Gasteiger partial charge in [-0.3, -0.25) is 0 Å². The summed E-state index contributed by atoms with van der Waals surface area (Å²) in [5.41, 5.74) is 2.02. The van der Waals surface area contributed by atoms with Crippen LogP contribution in [0.15, 0.2) is 121 Å². The van der Waals surface area contributed by atoms with Gasteiger partial charge in [0.1, 0.15) is 24.4 Å². The van der Waals surface area contributed by atoms with Crippen molar-refractivity contribution in [2.24, 2.45) is 0 Å². The zero-order valence-corrected chi connectivity index (χ0v) is 27.0. The maximum Gasteiger partial charge on any atom is 0.261 e. The molecular formula is C37H44O6Si. The summed E-state index contributed by atoms with van der Waals surface area (Å²) >= 11 is 0. The normalized spacial score (nSPS) is 22.5. The highest BCUT2D eigenvalue weighted by atomic mass is 28.4. The highest BCUT2D eigenvalue weighted by Gasteiger charge is 2.53. The molecule has 1 saturated heterocycles. The molecule has 5 atom stereocenters. The van der Waals surface area contributed by atoms with Crippen molar-refractivity contribution < 1.29 is 28.5 Å². The molecule has 5 rings (SSSR count). The Morgan fingerprint density at radius 2 is 1.09 bits per heavy atom. The summed E-state index contributed by atoms with van der Waals surface area (Å²) in [6.45, 7) is 7.62. The van der Waals surface area contributed by atoms with Gasteiger partial charge < -0.3 is 28.5 Å². The van der Waals surface area contributed by atoms with Crippen LogP contribution in [0.5, 0.6) is 0 Å². The molecule has 4 aromatic carbocycles. The second kappa shape index (κ2) is 14.8. The molecular weight excluding hydrogens is 568 g/mol. The third-order valence-corrected chi connectivity index (χ3v) is 13.3. The van der Waals surface area contributed by atoms with E-state index < -0.39 is 39.0 Å². The van der Waals surface area contributed by atoms with E-state index in [9.17, 15) is 5.11 Å². The van der Waals surface area contributed by atoms with Crippen molar-refractivity contribution in [2.75, 3.05) is 13.7 Å². The smallest absolute Gasteiger partial charge is 0.261 e. The molecule has 6 nitrogen and oxygen atoms in total. The fourth-order valence-corrected chi connectivity index (χ4v) is 10.7. The molecule has 1 aliphatic heterocycles. The number of ether oxygens (including phenoxy) is 4. The molecule has 0 aromatic heterocycles. The molecule has 1 N–H and O–H groups in total. The summed E-state index contributed by atoms with van der Waals surface area (Å²) < 4.78 is 32.4. The second-order valence-corrected chi connectivity index (χ2v) is 16.6. The Kier molecular flexibility index (Phi) is 10.8. The van der Waals surface area contributed by atoms with Crippen molar-refractivity contribution in [3.05, 3.63) is 132 Å². The van der Waals surface area contributed by atoms with Gasteiger partial charge in [0.2, 0.25) is 0 Å². The molecule has 0 radical (unpaired) electrons. The van der Waals surface area contributed by atoms with Crippen LogP contribution in [0, 0.1) is 0 Å². The van der Waals surface area contributed by atoms with Crippen molar-refractivity contribution in [1.29, 1.82) is 0 Å². The Morgan fingerprint density at radius 1 is 0.659 bits per heavy atom. The van der Waals surface area contributed by atoms with Crippen molar-refractivity contribution >= 4 is 18.7 Å². The summed E-state index contributed by atoms with van der Waals surface area (Å²) in [4.78, 5) is 0. The summed E-state index contributed by atoms with van der Waals surface area (Å²) in [5.74, 6) is 0. The number of hydrogen-bond acceptors (Lipinski definition) is 6. The first-order valence-electron chi connectivity index (χ1n) is 15.3. The van der Waals surface area contributed by atoms with E-state index in [0.29, 0.717) is 13.2 Å².